The summed E-state index contributed by atoms with van der Waals surface area (Å²) in [5.41, 5.74) is 0.936. The van der Waals surface area contributed by atoms with Crippen LogP contribution in [0.15, 0.2) is 11.4 Å². The molecule has 1 rings (SSSR count). The van der Waals surface area contributed by atoms with E-state index in [1.807, 2.05) is 13.8 Å². The normalized spacial score (nSPS) is 10.5. The van der Waals surface area contributed by atoms with Crippen molar-refractivity contribution in [3.63, 3.8) is 0 Å². The smallest absolute Gasteiger partial charge is 0.313 e. The average molecular weight is 285 g/mol. The van der Waals surface area contributed by atoms with E-state index in [1.54, 1.807) is 22.7 Å². The fourth-order valence-electron chi connectivity index (χ4n) is 1.52. The van der Waals surface area contributed by atoms with Crippen molar-refractivity contribution in [1.29, 1.82) is 0 Å². The van der Waals surface area contributed by atoms with Gasteiger partial charge in [0.2, 0.25) is 5.91 Å². The third-order valence-corrected chi connectivity index (χ3v) is 3.76. The summed E-state index contributed by atoms with van der Waals surface area (Å²) in [6.45, 7) is 4.74. The lowest BCUT2D eigenvalue weighted by atomic mass is 10.3. The zero-order chi connectivity index (χ0) is 14.4. The number of aromatic nitrogens is 2. The third-order valence-electron chi connectivity index (χ3n) is 2.78. The van der Waals surface area contributed by atoms with E-state index in [4.69, 9.17) is 5.11 Å². The minimum atomic E-state index is -0.894. The summed E-state index contributed by atoms with van der Waals surface area (Å²) in [6, 6.07) is 0. The first-order valence-electron chi connectivity index (χ1n) is 6.12. The number of carboxylic acids is 1. The molecule has 0 aliphatic carbocycles. The van der Waals surface area contributed by atoms with E-state index in [2.05, 4.69) is 4.98 Å². The largest absolute Gasteiger partial charge is 0.481 e. The maximum atomic E-state index is 12.0. The molecule has 0 bridgehead atoms. The minimum Gasteiger partial charge on any atom is -0.481 e. The molecule has 1 amide bonds. The molecule has 1 aromatic heterocycles. The molecule has 106 valence electrons. The Morgan fingerprint density at radius 1 is 1.47 bits per heavy atom. The van der Waals surface area contributed by atoms with Gasteiger partial charge in [-0.1, -0.05) is 18.7 Å². The van der Waals surface area contributed by atoms with E-state index in [0.29, 0.717) is 11.7 Å². The van der Waals surface area contributed by atoms with Gasteiger partial charge in [0.15, 0.2) is 5.16 Å². The van der Waals surface area contributed by atoms with Crippen LogP contribution in [0.1, 0.15) is 19.5 Å². The number of amides is 1. The monoisotopic (exact) mass is 285 g/mol. The predicted molar refractivity (Wildman–Crippen MR) is 73.3 cm³/mol. The van der Waals surface area contributed by atoms with Crippen LogP contribution in [0, 0.1) is 0 Å². The summed E-state index contributed by atoms with van der Waals surface area (Å²) >= 11 is 1.13. The van der Waals surface area contributed by atoms with E-state index in [9.17, 15) is 9.59 Å². The van der Waals surface area contributed by atoms with E-state index in [0.717, 1.165) is 23.9 Å². The number of hydrogen-bond donors (Lipinski definition) is 1. The van der Waals surface area contributed by atoms with Crippen LogP contribution in [0.25, 0.3) is 0 Å². The summed E-state index contributed by atoms with van der Waals surface area (Å²) in [4.78, 5) is 28.4. The number of hydrogen-bond acceptors (Lipinski definition) is 4. The number of nitrogens with zero attached hydrogens (tertiary/aromatic N) is 3. The quantitative estimate of drug-likeness (QED) is 0.759. The van der Waals surface area contributed by atoms with Crippen LogP contribution in [0.4, 0.5) is 0 Å². The second kappa shape index (κ2) is 7.18. The standard InChI is InChI=1S/C12H19N3O3S/c1-4-9-6-13-12(19-8-11(17)18)15(9)7-10(16)14(3)5-2/h6H,4-5,7-8H2,1-3H3,(H,17,18). The lowest BCUT2D eigenvalue weighted by molar-refractivity contribution is -0.134. The Morgan fingerprint density at radius 3 is 2.68 bits per heavy atom. The van der Waals surface area contributed by atoms with Gasteiger partial charge >= 0.3 is 5.97 Å². The van der Waals surface area contributed by atoms with Crippen LogP contribution in [0.2, 0.25) is 0 Å². The Morgan fingerprint density at radius 2 is 2.16 bits per heavy atom. The number of carbonyl (C=O) groups excluding carboxylic acids is 1. The van der Waals surface area contributed by atoms with Crippen molar-refractivity contribution in [3.8, 4) is 0 Å². The number of likely N-dealkylation sites (N-methyl/N-ethyl adjacent to an activating group) is 1. The van der Waals surface area contributed by atoms with Crippen LogP contribution >= 0.6 is 11.8 Å². The lowest BCUT2D eigenvalue weighted by Gasteiger charge is -2.17. The number of carbonyl (C=O) groups is 2. The minimum absolute atomic E-state index is 0.00706. The molecule has 19 heavy (non-hydrogen) atoms. The lowest BCUT2D eigenvalue weighted by Crippen LogP contribution is -2.30. The first-order chi connectivity index (χ1) is 8.99. The first-order valence-corrected chi connectivity index (χ1v) is 7.11. The molecule has 1 aromatic rings. The van der Waals surface area contributed by atoms with Gasteiger partial charge in [0.1, 0.15) is 6.54 Å². The molecule has 0 aliphatic rings. The van der Waals surface area contributed by atoms with Crippen LogP contribution in [-0.2, 0) is 22.6 Å². The van der Waals surface area contributed by atoms with Gasteiger partial charge in [-0.15, -0.1) is 0 Å². The SMILES string of the molecule is CCc1cnc(SCC(=O)O)n1CC(=O)N(C)CC. The Labute approximate surface area is 116 Å². The van der Waals surface area contributed by atoms with Crippen LogP contribution in [-0.4, -0.2) is 50.8 Å². The molecular formula is C12H19N3O3S. The Kier molecular flexibility index (Phi) is 5.88. The highest BCUT2D eigenvalue weighted by Crippen LogP contribution is 2.19. The molecule has 1 heterocycles. The van der Waals surface area contributed by atoms with Gasteiger partial charge in [0.05, 0.1) is 5.75 Å². The van der Waals surface area contributed by atoms with Crippen molar-refractivity contribution in [2.45, 2.75) is 32.0 Å². The second-order valence-electron chi connectivity index (χ2n) is 4.06. The third kappa shape index (κ3) is 4.27. The van der Waals surface area contributed by atoms with Crippen molar-refractivity contribution in [3.05, 3.63) is 11.9 Å². The maximum Gasteiger partial charge on any atom is 0.313 e. The first kappa shape index (κ1) is 15.6. The van der Waals surface area contributed by atoms with Crippen LogP contribution in [0.3, 0.4) is 0 Å². The predicted octanol–water partition coefficient (Wildman–Crippen LogP) is 1.10. The zero-order valence-corrected chi connectivity index (χ0v) is 12.2. The molecule has 0 saturated carbocycles. The molecule has 0 unspecified atom stereocenters. The highest BCUT2D eigenvalue weighted by atomic mass is 32.2. The summed E-state index contributed by atoms with van der Waals surface area (Å²) in [5, 5.41) is 9.29. The summed E-state index contributed by atoms with van der Waals surface area (Å²) in [5.74, 6) is -0.959. The molecule has 0 spiro atoms. The van der Waals surface area contributed by atoms with E-state index in [1.165, 1.54) is 0 Å². The number of aryl methyl sites for hydroxylation is 1. The van der Waals surface area contributed by atoms with E-state index in [-0.39, 0.29) is 18.2 Å². The molecule has 7 heteroatoms. The fourth-order valence-corrected chi connectivity index (χ4v) is 2.23. The topological polar surface area (TPSA) is 75.4 Å². The van der Waals surface area contributed by atoms with E-state index >= 15 is 0 Å². The Balaban J connectivity index is 2.86. The number of rotatable bonds is 7. The van der Waals surface area contributed by atoms with Gasteiger partial charge in [0, 0.05) is 25.5 Å². The van der Waals surface area contributed by atoms with Crippen LogP contribution in [0.5, 0.6) is 0 Å². The van der Waals surface area contributed by atoms with Crippen LogP contribution < -0.4 is 0 Å². The number of aliphatic carboxylic acids is 1. The van der Waals surface area contributed by atoms with Crippen molar-refractivity contribution in [1.82, 2.24) is 14.5 Å². The molecule has 0 fully saturated rings. The van der Waals surface area contributed by atoms with Crippen molar-refractivity contribution in [2.75, 3.05) is 19.3 Å². The van der Waals surface area contributed by atoms with Gasteiger partial charge < -0.3 is 14.6 Å². The second-order valence-corrected chi connectivity index (χ2v) is 5.00. The highest BCUT2D eigenvalue weighted by Gasteiger charge is 2.15. The van der Waals surface area contributed by atoms with Gasteiger partial charge in [-0.05, 0) is 13.3 Å². The highest BCUT2D eigenvalue weighted by molar-refractivity contribution is 7.99. The molecule has 0 radical (unpaired) electrons. The molecule has 0 atom stereocenters. The summed E-state index contributed by atoms with van der Waals surface area (Å²) in [6.07, 6.45) is 2.45. The molecule has 0 saturated heterocycles. The van der Waals surface area contributed by atoms with Gasteiger partial charge in [-0.2, -0.15) is 0 Å². The average Bonchev–Trinajstić information content (AvgIpc) is 2.77. The van der Waals surface area contributed by atoms with Crippen molar-refractivity contribution >= 4 is 23.6 Å². The van der Waals surface area contributed by atoms with Gasteiger partial charge in [-0.25, -0.2) is 4.98 Å². The number of carboxylic acid groups (broad SMARTS) is 1. The van der Waals surface area contributed by atoms with Crippen molar-refractivity contribution in [2.24, 2.45) is 0 Å². The van der Waals surface area contributed by atoms with Crippen molar-refractivity contribution < 1.29 is 14.7 Å². The number of thioether (sulfide) groups is 1. The number of imidazole rings is 1. The zero-order valence-electron chi connectivity index (χ0n) is 11.4. The molecule has 1 N–H and O–H groups in total. The molecule has 6 nitrogen and oxygen atoms in total. The summed E-state index contributed by atoms with van der Waals surface area (Å²) in [7, 11) is 1.74. The Bertz CT molecular complexity index is 459. The van der Waals surface area contributed by atoms with Gasteiger partial charge in [-0.3, -0.25) is 9.59 Å². The molecule has 0 aromatic carbocycles. The fraction of sp³-hybridized carbons (Fsp3) is 0.583. The maximum absolute atomic E-state index is 12.0. The van der Waals surface area contributed by atoms with Gasteiger partial charge in [0.25, 0.3) is 0 Å². The molecular weight excluding hydrogens is 266 g/mol. The Hall–Kier alpha value is -1.50. The van der Waals surface area contributed by atoms with E-state index < -0.39 is 5.97 Å². The summed E-state index contributed by atoms with van der Waals surface area (Å²) < 4.78 is 1.79. The molecule has 0 aliphatic heterocycles.